The van der Waals surface area contributed by atoms with E-state index in [1.165, 1.54) is 24.5 Å². The normalized spacial score (nSPS) is 15.2. The van der Waals surface area contributed by atoms with Gasteiger partial charge in [0.1, 0.15) is 12.4 Å². The molecule has 26 heavy (non-hydrogen) atoms. The first-order chi connectivity index (χ1) is 12.3. The molecule has 2 heterocycles. The molecule has 1 aliphatic heterocycles. The summed E-state index contributed by atoms with van der Waals surface area (Å²) in [5.74, 6) is -0.319. The highest BCUT2D eigenvalue weighted by Crippen LogP contribution is 2.23. The van der Waals surface area contributed by atoms with Crippen LogP contribution in [0.5, 0.6) is 0 Å². The van der Waals surface area contributed by atoms with Crippen molar-refractivity contribution in [2.24, 2.45) is 0 Å². The van der Waals surface area contributed by atoms with Crippen LogP contribution in [0.2, 0.25) is 0 Å². The van der Waals surface area contributed by atoms with Crippen molar-refractivity contribution in [3.05, 3.63) is 54.1 Å². The highest BCUT2D eigenvalue weighted by Gasteiger charge is 2.28. The van der Waals surface area contributed by atoms with E-state index in [2.05, 4.69) is 4.98 Å². The van der Waals surface area contributed by atoms with Crippen molar-refractivity contribution in [1.29, 1.82) is 0 Å². The molecule has 8 heteroatoms. The maximum Gasteiger partial charge on any atom is 0.406 e. The first-order valence-corrected chi connectivity index (χ1v) is 8.04. The first kappa shape index (κ1) is 17.9. The highest BCUT2D eigenvalue weighted by molar-refractivity contribution is 6.07. The number of ketones is 1. The quantitative estimate of drug-likeness (QED) is 0.604. The van der Waals surface area contributed by atoms with E-state index in [9.17, 15) is 22.8 Å². The van der Waals surface area contributed by atoms with Crippen molar-refractivity contribution < 1.29 is 22.8 Å². The van der Waals surface area contributed by atoms with Crippen LogP contribution in [0.1, 0.15) is 29.0 Å². The van der Waals surface area contributed by atoms with Crippen LogP contribution >= 0.6 is 0 Å². The van der Waals surface area contributed by atoms with Gasteiger partial charge in [0.2, 0.25) is 5.91 Å². The second-order valence-electron chi connectivity index (χ2n) is 5.93. The average molecular weight is 363 g/mol. The first-order valence-electron chi connectivity index (χ1n) is 8.04. The zero-order chi connectivity index (χ0) is 18.7. The van der Waals surface area contributed by atoms with Crippen LogP contribution in [0, 0.1) is 0 Å². The molecule has 0 saturated carbocycles. The third-order valence-corrected chi connectivity index (χ3v) is 4.00. The monoisotopic (exact) mass is 363 g/mol. The van der Waals surface area contributed by atoms with Gasteiger partial charge in [-0.3, -0.25) is 9.59 Å². The van der Waals surface area contributed by atoms with Crippen LogP contribution < -0.4 is 4.90 Å². The van der Waals surface area contributed by atoms with Crippen molar-refractivity contribution in [1.82, 2.24) is 9.55 Å². The van der Waals surface area contributed by atoms with Gasteiger partial charge in [0.05, 0.1) is 0 Å². The Hall–Kier alpha value is -2.90. The molecule has 1 aromatic heterocycles. The molecule has 0 N–H and O–H groups in total. The molecule has 0 unspecified atom stereocenters. The van der Waals surface area contributed by atoms with Gasteiger partial charge < -0.3 is 9.47 Å². The third-order valence-electron chi connectivity index (χ3n) is 4.00. The number of anilines is 1. The maximum absolute atomic E-state index is 12.5. The van der Waals surface area contributed by atoms with Gasteiger partial charge in [0.25, 0.3) is 0 Å². The largest absolute Gasteiger partial charge is 0.406 e. The minimum absolute atomic E-state index is 0.0133. The molecule has 1 saturated heterocycles. The Kier molecular flexibility index (Phi) is 4.92. The van der Waals surface area contributed by atoms with Gasteiger partial charge in [-0.25, -0.2) is 4.98 Å². The summed E-state index contributed by atoms with van der Waals surface area (Å²) in [6.07, 6.45) is 1.78. The van der Waals surface area contributed by atoms with Gasteiger partial charge in [-0.15, -0.1) is 0 Å². The molecule has 0 bridgehead atoms. The van der Waals surface area contributed by atoms with Gasteiger partial charge in [0.15, 0.2) is 5.78 Å². The molecule has 136 valence electrons. The number of hydrogen-bond donors (Lipinski definition) is 0. The lowest BCUT2D eigenvalue weighted by atomic mass is 10.1. The predicted molar refractivity (Wildman–Crippen MR) is 89.7 cm³/mol. The van der Waals surface area contributed by atoms with Crippen LogP contribution in [-0.4, -0.2) is 34.0 Å². The van der Waals surface area contributed by atoms with Crippen molar-refractivity contribution in [2.45, 2.75) is 25.6 Å². The summed E-state index contributed by atoms with van der Waals surface area (Å²) >= 11 is 0. The summed E-state index contributed by atoms with van der Waals surface area (Å²) in [6, 6.07) is 6.63. The second kappa shape index (κ2) is 7.15. The number of alkyl halides is 3. The standard InChI is InChI=1S/C18H16F3N3O2/c19-18(20,21)12-23-10-8-22-16(23)7-6-15(25)13-3-1-4-14(11-13)24-9-2-5-17(24)26/h1,3-4,6-8,10-11H,2,5,9,12H2/b7-6+. The topological polar surface area (TPSA) is 55.2 Å². The lowest BCUT2D eigenvalue weighted by Gasteiger charge is -2.16. The molecule has 5 nitrogen and oxygen atoms in total. The van der Waals surface area contributed by atoms with E-state index in [1.54, 1.807) is 29.2 Å². The Labute approximate surface area is 147 Å². The Morgan fingerprint density at radius 1 is 1.31 bits per heavy atom. The lowest BCUT2D eigenvalue weighted by Crippen LogP contribution is -2.23. The SMILES string of the molecule is O=C(/C=C/c1nccn1CC(F)(F)F)c1cccc(N2CCCC2=O)c1. The van der Waals surface area contributed by atoms with Crippen LogP contribution in [0.15, 0.2) is 42.7 Å². The Bertz CT molecular complexity index is 855. The Morgan fingerprint density at radius 3 is 2.81 bits per heavy atom. The van der Waals surface area contributed by atoms with Crippen molar-refractivity contribution in [2.75, 3.05) is 11.4 Å². The number of hydrogen-bond acceptors (Lipinski definition) is 3. The number of aromatic nitrogens is 2. The van der Waals surface area contributed by atoms with E-state index in [0.29, 0.717) is 24.2 Å². The molecule has 0 radical (unpaired) electrons. The molecule has 3 rings (SSSR count). The fourth-order valence-electron chi connectivity index (χ4n) is 2.80. The van der Waals surface area contributed by atoms with Crippen LogP contribution in [-0.2, 0) is 11.3 Å². The van der Waals surface area contributed by atoms with Gasteiger partial charge in [0, 0.05) is 36.6 Å². The summed E-state index contributed by atoms with van der Waals surface area (Å²) in [5.41, 5.74) is 0.998. The molecule has 1 fully saturated rings. The molecular weight excluding hydrogens is 347 g/mol. The number of carbonyl (C=O) groups excluding carboxylic acids is 2. The van der Waals surface area contributed by atoms with E-state index < -0.39 is 12.7 Å². The van der Waals surface area contributed by atoms with E-state index in [1.807, 2.05) is 0 Å². The van der Waals surface area contributed by atoms with E-state index in [4.69, 9.17) is 0 Å². The number of nitrogens with zero attached hydrogens (tertiary/aromatic N) is 3. The summed E-state index contributed by atoms with van der Waals surface area (Å²) in [4.78, 5) is 29.6. The van der Waals surface area contributed by atoms with Crippen molar-refractivity contribution >= 4 is 23.5 Å². The molecule has 2 aromatic rings. The van der Waals surface area contributed by atoms with Crippen LogP contribution in [0.3, 0.4) is 0 Å². The number of imidazole rings is 1. The fourth-order valence-corrected chi connectivity index (χ4v) is 2.80. The van der Waals surface area contributed by atoms with Gasteiger partial charge >= 0.3 is 6.18 Å². The summed E-state index contributed by atoms with van der Waals surface area (Å²) in [6.45, 7) is -0.561. The molecular formula is C18H16F3N3O2. The minimum atomic E-state index is -4.37. The Morgan fingerprint density at radius 2 is 2.12 bits per heavy atom. The van der Waals surface area contributed by atoms with E-state index >= 15 is 0 Å². The number of rotatable bonds is 5. The molecule has 1 amide bonds. The maximum atomic E-state index is 12.5. The van der Waals surface area contributed by atoms with E-state index in [-0.39, 0.29) is 17.5 Å². The second-order valence-corrected chi connectivity index (χ2v) is 5.93. The van der Waals surface area contributed by atoms with Gasteiger partial charge in [-0.05, 0) is 30.7 Å². The number of benzene rings is 1. The summed E-state index contributed by atoms with van der Waals surface area (Å²) in [5, 5.41) is 0. The Balaban J connectivity index is 1.76. The van der Waals surface area contributed by atoms with Crippen molar-refractivity contribution in [3.63, 3.8) is 0 Å². The molecule has 1 aliphatic rings. The van der Waals surface area contributed by atoms with E-state index in [0.717, 1.165) is 11.0 Å². The average Bonchev–Trinajstić information content (AvgIpc) is 3.20. The van der Waals surface area contributed by atoms with Crippen LogP contribution in [0.4, 0.5) is 18.9 Å². The lowest BCUT2D eigenvalue weighted by molar-refractivity contribution is -0.140. The third kappa shape index (κ3) is 4.19. The van der Waals surface area contributed by atoms with Gasteiger partial charge in [-0.1, -0.05) is 12.1 Å². The number of amides is 1. The highest BCUT2D eigenvalue weighted by atomic mass is 19.4. The zero-order valence-corrected chi connectivity index (χ0v) is 13.7. The molecule has 0 aliphatic carbocycles. The molecule has 0 atom stereocenters. The zero-order valence-electron chi connectivity index (χ0n) is 13.7. The molecule has 1 aromatic carbocycles. The minimum Gasteiger partial charge on any atom is -0.322 e. The van der Waals surface area contributed by atoms with Gasteiger partial charge in [-0.2, -0.15) is 13.2 Å². The van der Waals surface area contributed by atoms with Crippen molar-refractivity contribution in [3.8, 4) is 0 Å². The fraction of sp³-hybridized carbons (Fsp3) is 0.278. The number of carbonyl (C=O) groups is 2. The smallest absolute Gasteiger partial charge is 0.322 e. The summed E-state index contributed by atoms with van der Waals surface area (Å²) < 4.78 is 38.5. The predicted octanol–water partition coefficient (Wildman–Crippen LogP) is 3.47. The number of halogens is 3. The van der Waals surface area contributed by atoms with Crippen LogP contribution in [0.25, 0.3) is 6.08 Å². The number of allylic oxidation sites excluding steroid dienone is 1. The molecule has 0 spiro atoms. The summed E-state index contributed by atoms with van der Waals surface area (Å²) in [7, 11) is 0.